The van der Waals surface area contributed by atoms with Crippen molar-refractivity contribution >= 4 is 16.3 Å². The summed E-state index contributed by atoms with van der Waals surface area (Å²) < 4.78 is 38.2. The topological polar surface area (TPSA) is 56.9 Å². The van der Waals surface area contributed by atoms with Crippen molar-refractivity contribution in [1.82, 2.24) is 4.98 Å². The van der Waals surface area contributed by atoms with E-state index in [2.05, 4.69) is 4.98 Å². The Hall–Kier alpha value is -2.39. The number of fused-ring (bicyclic) bond motifs is 1. The van der Waals surface area contributed by atoms with Gasteiger partial charge in [0.1, 0.15) is 11.8 Å². The van der Waals surface area contributed by atoms with Crippen LogP contribution in [0.3, 0.4) is 0 Å². The number of rotatable bonds is 3. The van der Waals surface area contributed by atoms with Crippen molar-refractivity contribution in [3.63, 3.8) is 0 Å². The molecular weight excluding hydrogens is 305 g/mol. The molecule has 0 unspecified atom stereocenters. The molecule has 1 N–H and O–H groups in total. The Morgan fingerprint density at radius 3 is 2.61 bits per heavy atom. The summed E-state index contributed by atoms with van der Waals surface area (Å²) in [5, 5.41) is 19.9. The van der Waals surface area contributed by atoms with Crippen LogP contribution in [-0.4, -0.2) is 22.4 Å². The second-order valence-corrected chi connectivity index (χ2v) is 5.17. The monoisotopic (exact) mass is 320 g/mol. The summed E-state index contributed by atoms with van der Waals surface area (Å²) in [6.07, 6.45) is -5.35. The van der Waals surface area contributed by atoms with E-state index >= 15 is 0 Å². The molecule has 0 fully saturated rings. The molecule has 1 aromatic heterocycles. The van der Waals surface area contributed by atoms with Crippen molar-refractivity contribution in [1.29, 1.82) is 5.26 Å². The zero-order chi connectivity index (χ0) is 17.2. The zero-order valence-electron chi connectivity index (χ0n) is 12.6. The maximum atomic E-state index is 12.7. The third-order valence-corrected chi connectivity index (χ3v) is 3.77. The van der Waals surface area contributed by atoms with Gasteiger partial charge in [-0.2, -0.15) is 18.4 Å². The highest BCUT2D eigenvalue weighted by atomic mass is 19.4. The maximum Gasteiger partial charge on any atom is 0.418 e. The predicted molar refractivity (Wildman–Crippen MR) is 81.4 cm³/mol. The van der Waals surface area contributed by atoms with Crippen LogP contribution in [0.15, 0.2) is 36.0 Å². The molecule has 2 aromatic rings. The molecule has 0 saturated heterocycles. The van der Waals surface area contributed by atoms with Crippen molar-refractivity contribution in [3.05, 3.63) is 47.3 Å². The Morgan fingerprint density at radius 1 is 1.35 bits per heavy atom. The fourth-order valence-electron chi connectivity index (χ4n) is 2.58. The average molecular weight is 320 g/mol. The molecule has 0 aliphatic carbocycles. The van der Waals surface area contributed by atoms with Crippen LogP contribution >= 0.6 is 0 Å². The Balaban J connectivity index is 2.59. The summed E-state index contributed by atoms with van der Waals surface area (Å²) in [5.41, 5.74) is 1.18. The first-order valence-electron chi connectivity index (χ1n) is 7.03. The number of pyridine rings is 1. The second-order valence-electron chi connectivity index (χ2n) is 5.17. The number of nitrogens with zero attached hydrogens (tertiary/aromatic N) is 2. The minimum absolute atomic E-state index is 0.117. The number of hydrogen-bond acceptors (Lipinski definition) is 3. The highest BCUT2D eigenvalue weighted by Crippen LogP contribution is 2.32. The number of halogens is 3. The van der Waals surface area contributed by atoms with Crippen LogP contribution in [0.25, 0.3) is 16.3 Å². The van der Waals surface area contributed by atoms with Gasteiger partial charge in [-0.05, 0) is 47.6 Å². The van der Waals surface area contributed by atoms with Crippen LogP contribution in [-0.2, 0) is 0 Å². The minimum Gasteiger partial charge on any atom is -0.379 e. The van der Waals surface area contributed by atoms with Gasteiger partial charge in [-0.25, -0.2) is 4.98 Å². The SMILES string of the molecule is CC/C(=C(\C)[C@@H](O)C(F)(F)F)c1ccc2c(C#N)nccc2c1. The molecule has 6 heteroatoms. The lowest BCUT2D eigenvalue weighted by Gasteiger charge is -2.19. The van der Waals surface area contributed by atoms with Crippen molar-refractivity contribution in [2.45, 2.75) is 32.5 Å². The van der Waals surface area contributed by atoms with E-state index in [4.69, 9.17) is 5.26 Å². The summed E-state index contributed by atoms with van der Waals surface area (Å²) in [6.45, 7) is 3.02. The summed E-state index contributed by atoms with van der Waals surface area (Å²) in [7, 11) is 0. The Labute approximate surface area is 131 Å². The van der Waals surface area contributed by atoms with Crippen LogP contribution in [0.2, 0.25) is 0 Å². The minimum atomic E-state index is -4.70. The molecule has 2 rings (SSSR count). The van der Waals surface area contributed by atoms with Gasteiger partial charge in [0, 0.05) is 11.6 Å². The molecule has 3 nitrogen and oxygen atoms in total. The smallest absolute Gasteiger partial charge is 0.379 e. The van der Waals surface area contributed by atoms with E-state index in [1.165, 1.54) is 13.1 Å². The lowest BCUT2D eigenvalue weighted by molar-refractivity contribution is -0.191. The van der Waals surface area contributed by atoms with E-state index in [1.807, 2.05) is 6.07 Å². The molecule has 0 bridgehead atoms. The number of benzene rings is 1. The lowest BCUT2D eigenvalue weighted by atomic mass is 9.93. The zero-order valence-corrected chi connectivity index (χ0v) is 12.6. The van der Waals surface area contributed by atoms with E-state index in [9.17, 15) is 18.3 Å². The van der Waals surface area contributed by atoms with Gasteiger partial charge in [-0.15, -0.1) is 0 Å². The molecule has 1 atom stereocenters. The molecule has 120 valence electrons. The van der Waals surface area contributed by atoms with E-state index in [0.717, 1.165) is 0 Å². The van der Waals surface area contributed by atoms with Crippen molar-refractivity contribution in [3.8, 4) is 6.07 Å². The first kappa shape index (κ1) is 17.0. The Bertz CT molecular complexity index is 804. The number of hydrogen-bond donors (Lipinski definition) is 1. The molecule has 0 aliphatic rings. The Morgan fingerprint density at radius 2 is 2.04 bits per heavy atom. The third kappa shape index (κ3) is 3.35. The van der Waals surface area contributed by atoms with Gasteiger partial charge in [-0.3, -0.25) is 0 Å². The van der Waals surface area contributed by atoms with Crippen molar-refractivity contribution in [2.24, 2.45) is 0 Å². The number of alkyl halides is 3. The molecule has 1 aromatic carbocycles. The summed E-state index contributed by atoms with van der Waals surface area (Å²) in [5.74, 6) is 0. The number of aliphatic hydroxyl groups is 1. The van der Waals surface area contributed by atoms with Crippen LogP contribution in [0, 0.1) is 11.3 Å². The molecule has 1 heterocycles. The number of allylic oxidation sites excluding steroid dienone is 1. The van der Waals surface area contributed by atoms with Gasteiger partial charge in [0.15, 0.2) is 6.10 Å². The molecule has 23 heavy (non-hydrogen) atoms. The lowest BCUT2D eigenvalue weighted by Crippen LogP contribution is -2.30. The van der Waals surface area contributed by atoms with Gasteiger partial charge in [0.25, 0.3) is 0 Å². The van der Waals surface area contributed by atoms with Gasteiger partial charge in [-0.1, -0.05) is 19.1 Å². The van der Waals surface area contributed by atoms with Crippen LogP contribution < -0.4 is 0 Å². The summed E-state index contributed by atoms with van der Waals surface area (Å²) in [4.78, 5) is 3.95. The van der Waals surface area contributed by atoms with E-state index < -0.39 is 12.3 Å². The van der Waals surface area contributed by atoms with Gasteiger partial charge >= 0.3 is 6.18 Å². The van der Waals surface area contributed by atoms with Gasteiger partial charge in [0.05, 0.1) is 0 Å². The van der Waals surface area contributed by atoms with Crippen LogP contribution in [0.4, 0.5) is 13.2 Å². The molecule has 0 spiro atoms. The highest BCUT2D eigenvalue weighted by Gasteiger charge is 2.40. The first-order valence-corrected chi connectivity index (χ1v) is 7.03. The fourth-order valence-corrected chi connectivity index (χ4v) is 2.58. The molecule has 0 saturated carbocycles. The van der Waals surface area contributed by atoms with Gasteiger partial charge < -0.3 is 5.11 Å². The summed E-state index contributed by atoms with van der Waals surface area (Å²) >= 11 is 0. The van der Waals surface area contributed by atoms with Crippen LogP contribution in [0.1, 0.15) is 31.5 Å². The number of aliphatic hydroxyl groups excluding tert-OH is 1. The van der Waals surface area contributed by atoms with Crippen LogP contribution in [0.5, 0.6) is 0 Å². The quantitative estimate of drug-likeness (QED) is 0.921. The van der Waals surface area contributed by atoms with Crippen molar-refractivity contribution in [2.75, 3.05) is 0 Å². The molecule has 0 radical (unpaired) electrons. The predicted octanol–water partition coefficient (Wildman–Crippen LogP) is 4.21. The number of nitriles is 1. The second kappa shape index (κ2) is 6.39. The first-order chi connectivity index (χ1) is 10.8. The summed E-state index contributed by atoms with van der Waals surface area (Å²) in [6, 6.07) is 8.71. The normalized spacial score (nSPS) is 14.3. The largest absolute Gasteiger partial charge is 0.418 e. The fraction of sp³-hybridized carbons (Fsp3) is 0.294. The van der Waals surface area contributed by atoms with Gasteiger partial charge in [0.2, 0.25) is 0 Å². The van der Waals surface area contributed by atoms with E-state index in [-0.39, 0.29) is 11.3 Å². The molecular formula is C17H15F3N2O. The maximum absolute atomic E-state index is 12.7. The average Bonchev–Trinajstić information content (AvgIpc) is 2.52. The Kier molecular flexibility index (Phi) is 4.71. The molecule has 0 aliphatic heterocycles. The highest BCUT2D eigenvalue weighted by molar-refractivity contribution is 5.89. The van der Waals surface area contributed by atoms with E-state index in [0.29, 0.717) is 28.3 Å². The van der Waals surface area contributed by atoms with Crippen molar-refractivity contribution < 1.29 is 18.3 Å². The van der Waals surface area contributed by atoms with E-state index in [1.54, 1.807) is 31.2 Å². The standard InChI is InChI=1S/C17H15F3N2O/c1-3-13(10(2)16(23)17(18,19)20)11-4-5-14-12(8-11)6-7-22-15(14)9-21/h4-8,16,23H,3H2,1-2H3/b13-10-/t16-/m1/s1. The molecule has 0 amide bonds. The third-order valence-electron chi connectivity index (χ3n) is 3.77. The number of aromatic nitrogens is 1.